The monoisotopic (exact) mass is 426 g/mol. The number of aliphatic imine (C=N–C) groups is 1. The lowest BCUT2D eigenvalue weighted by molar-refractivity contribution is 0.376. The quantitative estimate of drug-likeness (QED) is 0.373. The van der Waals surface area contributed by atoms with Gasteiger partial charge in [-0.05, 0) is 98.7 Å². The van der Waals surface area contributed by atoms with E-state index in [-0.39, 0.29) is 5.54 Å². The molecule has 0 saturated carbocycles. The van der Waals surface area contributed by atoms with Crippen LogP contribution in [0.4, 0.5) is 11.4 Å². The van der Waals surface area contributed by atoms with E-state index in [0.29, 0.717) is 5.92 Å². The van der Waals surface area contributed by atoms with Crippen LogP contribution in [0.3, 0.4) is 0 Å². The van der Waals surface area contributed by atoms with Crippen LogP contribution in [0.2, 0.25) is 0 Å². The molecule has 0 radical (unpaired) electrons. The maximum atomic E-state index is 5.99. The molecule has 32 heavy (non-hydrogen) atoms. The number of aryl methyl sites for hydroxylation is 1. The minimum absolute atomic E-state index is 0.195. The van der Waals surface area contributed by atoms with Crippen molar-refractivity contribution in [1.82, 2.24) is 0 Å². The minimum Gasteiger partial charge on any atom is -0.457 e. The zero-order valence-corrected chi connectivity index (χ0v) is 19.9. The molecule has 1 atom stereocenters. The Morgan fingerprint density at radius 2 is 1.81 bits per heavy atom. The van der Waals surface area contributed by atoms with E-state index in [1.807, 2.05) is 48.7 Å². The molecule has 0 aromatic heterocycles. The molecule has 3 nitrogen and oxygen atoms in total. The number of hydrogen-bond acceptors (Lipinski definition) is 3. The van der Waals surface area contributed by atoms with Crippen molar-refractivity contribution >= 4 is 17.6 Å². The van der Waals surface area contributed by atoms with Crippen LogP contribution < -0.4 is 9.64 Å². The molecule has 0 spiro atoms. The fourth-order valence-corrected chi connectivity index (χ4v) is 4.78. The van der Waals surface area contributed by atoms with Crippen LogP contribution >= 0.6 is 0 Å². The van der Waals surface area contributed by atoms with Gasteiger partial charge in [-0.15, -0.1) is 0 Å². The molecule has 1 heterocycles. The Morgan fingerprint density at radius 3 is 2.53 bits per heavy atom. The maximum Gasteiger partial charge on any atom is 0.130 e. The normalized spacial score (nSPS) is 17.4. The largest absolute Gasteiger partial charge is 0.457 e. The van der Waals surface area contributed by atoms with Crippen LogP contribution in [0, 0.1) is 6.92 Å². The number of hydrogen-bond donors (Lipinski definition) is 0. The predicted molar refractivity (Wildman–Crippen MR) is 136 cm³/mol. The van der Waals surface area contributed by atoms with E-state index < -0.39 is 0 Å². The van der Waals surface area contributed by atoms with Gasteiger partial charge in [0.15, 0.2) is 0 Å². The highest BCUT2D eigenvalue weighted by Crippen LogP contribution is 2.43. The smallest absolute Gasteiger partial charge is 0.130 e. The Morgan fingerprint density at radius 1 is 1.06 bits per heavy atom. The summed E-state index contributed by atoms with van der Waals surface area (Å²) in [6.07, 6.45) is 4.29. The van der Waals surface area contributed by atoms with Crippen molar-refractivity contribution < 1.29 is 4.74 Å². The van der Waals surface area contributed by atoms with E-state index in [2.05, 4.69) is 63.8 Å². The van der Waals surface area contributed by atoms with Crippen LogP contribution in [-0.2, 0) is 0 Å². The second-order valence-corrected chi connectivity index (χ2v) is 9.51. The van der Waals surface area contributed by atoms with Crippen LogP contribution in [0.1, 0.15) is 63.1 Å². The first-order valence-electron chi connectivity index (χ1n) is 11.7. The number of anilines is 1. The highest BCUT2D eigenvalue weighted by molar-refractivity contribution is 5.83. The lowest BCUT2D eigenvalue weighted by Crippen LogP contribution is -2.48. The molecular formula is C29H34N2O. The van der Waals surface area contributed by atoms with Gasteiger partial charge < -0.3 is 9.64 Å². The Balaban J connectivity index is 1.50. The first kappa shape index (κ1) is 22.1. The average Bonchev–Trinajstić information content (AvgIpc) is 2.77. The van der Waals surface area contributed by atoms with Crippen LogP contribution in [-0.4, -0.2) is 18.3 Å². The number of nitrogens with zero attached hydrogens (tertiary/aromatic N) is 2. The molecule has 1 aliphatic heterocycles. The standard InChI is InChI=1S/C29H34N2O/c1-6-17-31-27-16-11-23(18-26(27)22(3)19-29(31,4)5)20-30-24-12-14-25(15-13-24)32-28-10-8-7-9-21(28)2/h7-16,18,20,22H,6,17,19H2,1-5H3. The molecule has 0 fully saturated rings. The van der Waals surface area contributed by atoms with E-state index in [9.17, 15) is 0 Å². The fraction of sp³-hybridized carbons (Fsp3) is 0.345. The van der Waals surface area contributed by atoms with Crippen molar-refractivity contribution in [2.45, 2.75) is 58.9 Å². The van der Waals surface area contributed by atoms with Crippen molar-refractivity contribution in [3.8, 4) is 11.5 Å². The summed E-state index contributed by atoms with van der Waals surface area (Å²) >= 11 is 0. The van der Waals surface area contributed by atoms with Gasteiger partial charge in [0.05, 0.1) is 5.69 Å². The Kier molecular flexibility index (Phi) is 6.36. The summed E-state index contributed by atoms with van der Waals surface area (Å²) in [4.78, 5) is 7.29. The number of para-hydroxylation sites is 1. The zero-order chi connectivity index (χ0) is 22.7. The number of fused-ring (bicyclic) bond motifs is 1. The summed E-state index contributed by atoms with van der Waals surface area (Å²) in [7, 11) is 0. The lowest BCUT2D eigenvalue weighted by Gasteiger charge is -2.47. The molecule has 0 aliphatic carbocycles. The molecule has 0 bridgehead atoms. The van der Waals surface area contributed by atoms with Crippen molar-refractivity contribution in [2.75, 3.05) is 11.4 Å². The maximum absolute atomic E-state index is 5.99. The Hall–Kier alpha value is -3.07. The Labute approximate surface area is 192 Å². The second kappa shape index (κ2) is 9.20. The molecule has 166 valence electrons. The molecule has 3 aromatic rings. The summed E-state index contributed by atoms with van der Waals surface area (Å²) in [5, 5.41) is 0. The van der Waals surface area contributed by atoms with E-state index >= 15 is 0 Å². The van der Waals surface area contributed by atoms with Gasteiger partial charge >= 0.3 is 0 Å². The van der Waals surface area contributed by atoms with E-state index in [0.717, 1.165) is 41.3 Å². The summed E-state index contributed by atoms with van der Waals surface area (Å²) in [5.41, 5.74) is 6.19. The van der Waals surface area contributed by atoms with Crippen molar-refractivity contribution in [3.63, 3.8) is 0 Å². The highest BCUT2D eigenvalue weighted by atomic mass is 16.5. The van der Waals surface area contributed by atoms with Crippen molar-refractivity contribution in [3.05, 3.63) is 83.4 Å². The van der Waals surface area contributed by atoms with Gasteiger partial charge in [-0.2, -0.15) is 0 Å². The third-order valence-electron chi connectivity index (χ3n) is 6.38. The zero-order valence-electron chi connectivity index (χ0n) is 19.9. The molecule has 1 aliphatic rings. The van der Waals surface area contributed by atoms with Crippen LogP contribution in [0.15, 0.2) is 71.7 Å². The average molecular weight is 427 g/mol. The van der Waals surface area contributed by atoms with Crippen LogP contribution in [0.25, 0.3) is 0 Å². The molecular weight excluding hydrogens is 392 g/mol. The predicted octanol–water partition coefficient (Wildman–Crippen LogP) is 8.04. The van der Waals surface area contributed by atoms with Crippen molar-refractivity contribution in [2.24, 2.45) is 4.99 Å². The summed E-state index contributed by atoms with van der Waals surface area (Å²) in [6, 6.07) is 22.8. The number of rotatable bonds is 6. The summed E-state index contributed by atoms with van der Waals surface area (Å²) in [6.45, 7) is 12.5. The topological polar surface area (TPSA) is 24.8 Å². The molecule has 3 aromatic carbocycles. The van der Waals surface area contributed by atoms with E-state index in [4.69, 9.17) is 9.73 Å². The SMILES string of the molecule is CCCN1c2ccc(C=Nc3ccc(Oc4ccccc4C)cc3)cc2C(C)CC1(C)C. The molecule has 0 N–H and O–H groups in total. The summed E-state index contributed by atoms with van der Waals surface area (Å²) < 4.78 is 5.99. The van der Waals surface area contributed by atoms with E-state index in [1.165, 1.54) is 17.7 Å². The lowest BCUT2D eigenvalue weighted by atomic mass is 9.79. The molecule has 4 rings (SSSR count). The first-order chi connectivity index (χ1) is 15.4. The van der Waals surface area contributed by atoms with Gasteiger partial charge in [-0.3, -0.25) is 4.99 Å². The van der Waals surface area contributed by atoms with Gasteiger partial charge in [0.1, 0.15) is 11.5 Å². The minimum atomic E-state index is 0.195. The second-order valence-electron chi connectivity index (χ2n) is 9.51. The fourth-order valence-electron chi connectivity index (χ4n) is 4.78. The molecule has 0 saturated heterocycles. The first-order valence-corrected chi connectivity index (χ1v) is 11.7. The molecule has 0 amide bonds. The number of ether oxygens (including phenoxy) is 1. The molecule has 3 heteroatoms. The highest BCUT2D eigenvalue weighted by Gasteiger charge is 2.35. The van der Waals surface area contributed by atoms with E-state index in [1.54, 1.807) is 0 Å². The van der Waals surface area contributed by atoms with Gasteiger partial charge in [-0.25, -0.2) is 0 Å². The third kappa shape index (κ3) is 4.72. The van der Waals surface area contributed by atoms with Gasteiger partial charge in [0.2, 0.25) is 0 Å². The Bertz CT molecular complexity index is 1100. The van der Waals surface area contributed by atoms with Gasteiger partial charge in [0, 0.05) is 24.0 Å². The van der Waals surface area contributed by atoms with Gasteiger partial charge in [-0.1, -0.05) is 38.1 Å². The third-order valence-corrected chi connectivity index (χ3v) is 6.38. The molecule has 1 unspecified atom stereocenters. The number of benzene rings is 3. The van der Waals surface area contributed by atoms with Crippen molar-refractivity contribution in [1.29, 1.82) is 0 Å². The van der Waals surface area contributed by atoms with Gasteiger partial charge in [0.25, 0.3) is 0 Å². The summed E-state index contributed by atoms with van der Waals surface area (Å²) in [5.74, 6) is 2.24. The van der Waals surface area contributed by atoms with Crippen LogP contribution in [0.5, 0.6) is 11.5 Å².